The van der Waals surface area contributed by atoms with Gasteiger partial charge in [0.1, 0.15) is 6.61 Å². The molecule has 1 atom stereocenters. The minimum absolute atomic E-state index is 0.140. The van der Waals surface area contributed by atoms with Crippen molar-refractivity contribution in [1.82, 2.24) is 5.32 Å². The van der Waals surface area contributed by atoms with E-state index < -0.39 is 23.8 Å². The third-order valence-electron chi connectivity index (χ3n) is 4.37. The van der Waals surface area contributed by atoms with E-state index in [0.29, 0.717) is 25.1 Å². The van der Waals surface area contributed by atoms with E-state index in [9.17, 15) is 19.2 Å². The molecule has 0 saturated heterocycles. The zero-order valence-corrected chi connectivity index (χ0v) is 18.0. The van der Waals surface area contributed by atoms with Gasteiger partial charge in [0.15, 0.2) is 0 Å². The van der Waals surface area contributed by atoms with Crippen LogP contribution in [0.4, 0.5) is 0 Å². The van der Waals surface area contributed by atoms with E-state index in [-0.39, 0.29) is 31.1 Å². The second kappa shape index (κ2) is 13.7. The molecule has 2 aromatic carbocycles. The van der Waals surface area contributed by atoms with Gasteiger partial charge in [-0.15, -0.1) is 0 Å². The van der Waals surface area contributed by atoms with Crippen LogP contribution in [0.5, 0.6) is 0 Å². The Labute approximate surface area is 186 Å². The average molecular weight is 441 g/mol. The number of hydrogen-bond donors (Lipinski definition) is 1. The molecule has 0 aliphatic carbocycles. The summed E-state index contributed by atoms with van der Waals surface area (Å²) in [7, 11) is 0. The first-order valence-electron chi connectivity index (χ1n) is 10.3. The summed E-state index contributed by atoms with van der Waals surface area (Å²) >= 11 is 0. The van der Waals surface area contributed by atoms with Gasteiger partial charge in [0.05, 0.1) is 24.2 Å². The molecule has 0 bridgehead atoms. The minimum Gasteiger partial charge on any atom is -0.460 e. The first-order valence-corrected chi connectivity index (χ1v) is 10.3. The van der Waals surface area contributed by atoms with Crippen LogP contribution in [0.15, 0.2) is 60.7 Å². The maximum atomic E-state index is 12.1. The minimum atomic E-state index is -0.755. The third-order valence-corrected chi connectivity index (χ3v) is 4.37. The molecule has 0 heterocycles. The number of benzene rings is 2. The molecule has 32 heavy (non-hydrogen) atoms. The van der Waals surface area contributed by atoms with Crippen LogP contribution in [0.1, 0.15) is 40.5 Å². The van der Waals surface area contributed by atoms with E-state index in [1.54, 1.807) is 61.5 Å². The van der Waals surface area contributed by atoms with E-state index in [4.69, 9.17) is 14.2 Å². The molecule has 0 aliphatic heterocycles. The number of carbonyl (C=O) groups is 4. The number of amides is 1. The highest BCUT2D eigenvalue weighted by atomic mass is 16.6. The van der Waals surface area contributed by atoms with Gasteiger partial charge >= 0.3 is 17.9 Å². The quantitative estimate of drug-likeness (QED) is 0.306. The Morgan fingerprint density at radius 3 is 2.03 bits per heavy atom. The van der Waals surface area contributed by atoms with E-state index in [0.717, 1.165) is 0 Å². The highest BCUT2D eigenvalue weighted by Crippen LogP contribution is 2.07. The molecule has 1 unspecified atom stereocenters. The predicted octanol–water partition coefficient (Wildman–Crippen LogP) is 2.78. The van der Waals surface area contributed by atoms with Crippen molar-refractivity contribution in [1.29, 1.82) is 0 Å². The number of esters is 3. The number of nitrogens with one attached hydrogen (secondary N) is 1. The average Bonchev–Trinajstić information content (AvgIpc) is 2.81. The van der Waals surface area contributed by atoms with Crippen molar-refractivity contribution in [2.75, 3.05) is 26.4 Å². The van der Waals surface area contributed by atoms with E-state index in [1.807, 2.05) is 6.07 Å². The summed E-state index contributed by atoms with van der Waals surface area (Å²) in [5.74, 6) is -2.85. The molecule has 0 aliphatic rings. The smallest absolute Gasteiger partial charge is 0.345 e. The Hall–Kier alpha value is -3.52. The lowest BCUT2D eigenvalue weighted by atomic mass is 10.1. The predicted molar refractivity (Wildman–Crippen MR) is 116 cm³/mol. The molecule has 8 heteroatoms. The molecule has 0 fully saturated rings. The lowest BCUT2D eigenvalue weighted by Gasteiger charge is -2.11. The van der Waals surface area contributed by atoms with Crippen LogP contribution in [0.3, 0.4) is 0 Å². The van der Waals surface area contributed by atoms with Crippen LogP contribution >= 0.6 is 0 Å². The number of rotatable bonds is 12. The monoisotopic (exact) mass is 441 g/mol. The number of carbonyl (C=O) groups excluding carboxylic acids is 4. The summed E-state index contributed by atoms with van der Waals surface area (Å²) in [4.78, 5) is 47.6. The molecule has 0 spiro atoms. The fourth-order valence-electron chi connectivity index (χ4n) is 2.63. The maximum absolute atomic E-state index is 12.1. The van der Waals surface area contributed by atoms with E-state index >= 15 is 0 Å². The second-order valence-electron chi connectivity index (χ2n) is 6.99. The Morgan fingerprint density at radius 1 is 0.812 bits per heavy atom. The van der Waals surface area contributed by atoms with Gasteiger partial charge in [-0.1, -0.05) is 43.3 Å². The Balaban J connectivity index is 1.51. The van der Waals surface area contributed by atoms with Crippen LogP contribution in [-0.2, 0) is 23.8 Å². The zero-order chi connectivity index (χ0) is 23.2. The van der Waals surface area contributed by atoms with Crippen molar-refractivity contribution in [2.24, 2.45) is 5.92 Å². The molecular formula is C24H27NO7. The fourth-order valence-corrected chi connectivity index (χ4v) is 2.63. The lowest BCUT2D eigenvalue weighted by Crippen LogP contribution is -2.32. The molecule has 0 aromatic heterocycles. The van der Waals surface area contributed by atoms with E-state index in [2.05, 4.69) is 5.32 Å². The molecule has 1 N–H and O–H groups in total. The molecule has 0 saturated carbocycles. The fraction of sp³-hybridized carbons (Fsp3) is 0.333. The first kappa shape index (κ1) is 24.7. The van der Waals surface area contributed by atoms with Crippen molar-refractivity contribution in [3.8, 4) is 0 Å². The topological polar surface area (TPSA) is 108 Å². The van der Waals surface area contributed by atoms with Gasteiger partial charge in [0.25, 0.3) is 0 Å². The summed E-state index contributed by atoms with van der Waals surface area (Å²) in [5.41, 5.74) is 0.755. The van der Waals surface area contributed by atoms with Crippen LogP contribution < -0.4 is 5.32 Å². The highest BCUT2D eigenvalue weighted by Gasteiger charge is 2.20. The lowest BCUT2D eigenvalue weighted by molar-refractivity contribution is -0.141. The molecule has 2 aromatic rings. The molecule has 0 radical (unpaired) electrons. The van der Waals surface area contributed by atoms with Crippen molar-refractivity contribution in [3.05, 3.63) is 71.8 Å². The van der Waals surface area contributed by atoms with Gasteiger partial charge in [0, 0.05) is 19.1 Å². The first-order chi connectivity index (χ1) is 15.5. The number of ether oxygens (including phenoxy) is 3. The molecular weight excluding hydrogens is 414 g/mol. The summed E-state index contributed by atoms with van der Waals surface area (Å²) in [5, 5.41) is 2.71. The Morgan fingerprint density at radius 2 is 1.41 bits per heavy atom. The van der Waals surface area contributed by atoms with Crippen LogP contribution in [0, 0.1) is 5.92 Å². The Bertz CT molecular complexity index is 884. The maximum Gasteiger partial charge on any atom is 0.345 e. The second-order valence-corrected chi connectivity index (χ2v) is 6.99. The van der Waals surface area contributed by atoms with Gasteiger partial charge in [-0.3, -0.25) is 9.59 Å². The summed E-state index contributed by atoms with van der Waals surface area (Å²) in [6, 6.07) is 16.8. The van der Waals surface area contributed by atoms with Crippen LogP contribution in [0.25, 0.3) is 0 Å². The Kier molecular flexibility index (Phi) is 10.6. The normalized spacial score (nSPS) is 11.3. The van der Waals surface area contributed by atoms with Crippen molar-refractivity contribution < 1.29 is 33.4 Å². The van der Waals surface area contributed by atoms with Crippen molar-refractivity contribution in [3.63, 3.8) is 0 Å². The zero-order valence-electron chi connectivity index (χ0n) is 18.0. The van der Waals surface area contributed by atoms with Crippen LogP contribution in [-0.4, -0.2) is 50.2 Å². The van der Waals surface area contributed by atoms with Gasteiger partial charge in [-0.2, -0.15) is 0 Å². The highest BCUT2D eigenvalue weighted by molar-refractivity contribution is 5.97. The van der Waals surface area contributed by atoms with Crippen molar-refractivity contribution >= 4 is 23.8 Å². The summed E-state index contributed by atoms with van der Waals surface area (Å²) < 4.78 is 15.2. The van der Waals surface area contributed by atoms with Gasteiger partial charge in [-0.05, 0) is 30.7 Å². The standard InChI is InChI=1S/C24H27NO7/c1-18(17-21(26)32-24(29)20-11-6-3-7-12-20)22(27)25-13-8-14-30-15-16-31-23(28)19-9-4-2-5-10-19/h2-7,9-12,18H,8,13-17H2,1H3,(H,25,27). The van der Waals surface area contributed by atoms with Crippen molar-refractivity contribution in [2.45, 2.75) is 19.8 Å². The van der Waals surface area contributed by atoms with Gasteiger partial charge in [-0.25, -0.2) is 9.59 Å². The van der Waals surface area contributed by atoms with Crippen LogP contribution in [0.2, 0.25) is 0 Å². The molecule has 170 valence electrons. The SMILES string of the molecule is CC(CC(=O)OC(=O)c1ccccc1)C(=O)NCCCOCCOC(=O)c1ccccc1. The number of hydrogen-bond acceptors (Lipinski definition) is 7. The van der Waals surface area contributed by atoms with E-state index in [1.165, 1.54) is 0 Å². The summed E-state index contributed by atoms with van der Waals surface area (Å²) in [6.07, 6.45) is 0.357. The molecule has 2 rings (SSSR count). The van der Waals surface area contributed by atoms with Gasteiger partial charge < -0.3 is 19.5 Å². The molecule has 1 amide bonds. The van der Waals surface area contributed by atoms with Gasteiger partial charge in [0.2, 0.25) is 5.91 Å². The summed E-state index contributed by atoms with van der Waals surface area (Å²) in [6.45, 7) is 2.72. The third kappa shape index (κ3) is 9.09. The molecule has 8 nitrogen and oxygen atoms in total. The largest absolute Gasteiger partial charge is 0.460 e.